The Kier molecular flexibility index (Phi) is 4.19. The number of hydrogen-bond acceptors (Lipinski definition) is 2. The minimum atomic E-state index is -4.63. The molecule has 0 aliphatic carbocycles. The molecule has 0 fully saturated rings. The van der Waals surface area contributed by atoms with Gasteiger partial charge in [0.25, 0.3) is 0 Å². The Morgan fingerprint density at radius 2 is 1.89 bits per heavy atom. The van der Waals surface area contributed by atoms with E-state index >= 15 is 0 Å². The van der Waals surface area contributed by atoms with Gasteiger partial charge in [0.2, 0.25) is 0 Å². The maximum Gasteiger partial charge on any atom is 0.416 e. The van der Waals surface area contributed by atoms with E-state index in [1.165, 1.54) is 6.92 Å². The van der Waals surface area contributed by atoms with Gasteiger partial charge in [0, 0.05) is 5.92 Å². The molecule has 0 aliphatic rings. The SMILES string of the molecule is Cc1c(C(F)(F)F)ccc(F)c1C(C)C(N)C(=O)O. The van der Waals surface area contributed by atoms with Gasteiger partial charge in [0.15, 0.2) is 0 Å². The predicted molar refractivity (Wildman–Crippen MR) is 60.2 cm³/mol. The molecule has 0 saturated carbocycles. The van der Waals surface area contributed by atoms with E-state index in [4.69, 9.17) is 10.8 Å². The smallest absolute Gasteiger partial charge is 0.416 e. The van der Waals surface area contributed by atoms with Gasteiger partial charge >= 0.3 is 12.1 Å². The van der Waals surface area contributed by atoms with Crippen molar-refractivity contribution in [2.45, 2.75) is 32.0 Å². The number of aliphatic carboxylic acids is 1. The standard InChI is InChI=1S/C12H13F4NO2/c1-5-7(12(14,15)16)3-4-8(13)9(5)6(2)10(17)11(18)19/h3-4,6,10H,17H2,1-2H3,(H,18,19). The molecule has 0 heterocycles. The van der Waals surface area contributed by atoms with Crippen LogP contribution in [0, 0.1) is 12.7 Å². The van der Waals surface area contributed by atoms with E-state index in [9.17, 15) is 22.4 Å². The van der Waals surface area contributed by atoms with Crippen molar-refractivity contribution in [1.82, 2.24) is 0 Å². The second-order valence-corrected chi connectivity index (χ2v) is 4.28. The molecule has 0 amide bonds. The third-order valence-corrected chi connectivity index (χ3v) is 3.05. The van der Waals surface area contributed by atoms with Crippen LogP contribution in [0.1, 0.15) is 29.5 Å². The third-order valence-electron chi connectivity index (χ3n) is 3.05. The summed E-state index contributed by atoms with van der Waals surface area (Å²) in [7, 11) is 0. The zero-order valence-corrected chi connectivity index (χ0v) is 10.3. The van der Waals surface area contributed by atoms with Gasteiger partial charge in [0.1, 0.15) is 11.9 Å². The Hall–Kier alpha value is -1.63. The van der Waals surface area contributed by atoms with Crippen molar-refractivity contribution in [2.24, 2.45) is 5.73 Å². The maximum absolute atomic E-state index is 13.7. The highest BCUT2D eigenvalue weighted by molar-refractivity contribution is 5.74. The molecule has 1 aromatic rings. The van der Waals surface area contributed by atoms with E-state index in [-0.39, 0.29) is 11.1 Å². The Labute approximate surface area is 107 Å². The minimum absolute atomic E-state index is 0.315. The summed E-state index contributed by atoms with van der Waals surface area (Å²) in [4.78, 5) is 10.7. The highest BCUT2D eigenvalue weighted by atomic mass is 19.4. The summed E-state index contributed by atoms with van der Waals surface area (Å²) in [6, 6.07) is -0.166. The van der Waals surface area contributed by atoms with Crippen LogP contribution in [0.2, 0.25) is 0 Å². The molecule has 0 bridgehead atoms. The predicted octanol–water partition coefficient (Wildman–Crippen LogP) is 2.67. The van der Waals surface area contributed by atoms with E-state index in [2.05, 4.69) is 0 Å². The van der Waals surface area contributed by atoms with Gasteiger partial charge < -0.3 is 10.8 Å². The number of benzene rings is 1. The quantitative estimate of drug-likeness (QED) is 0.836. The summed E-state index contributed by atoms with van der Waals surface area (Å²) >= 11 is 0. The molecule has 0 radical (unpaired) electrons. The number of carboxylic acid groups (broad SMARTS) is 1. The zero-order valence-electron chi connectivity index (χ0n) is 10.3. The Morgan fingerprint density at radius 3 is 2.32 bits per heavy atom. The van der Waals surface area contributed by atoms with Gasteiger partial charge in [-0.2, -0.15) is 13.2 Å². The van der Waals surface area contributed by atoms with Gasteiger partial charge in [-0.3, -0.25) is 4.79 Å². The number of carboxylic acids is 1. The molecule has 3 nitrogen and oxygen atoms in total. The average Bonchev–Trinajstić information content (AvgIpc) is 2.25. The maximum atomic E-state index is 13.7. The lowest BCUT2D eigenvalue weighted by atomic mass is 9.88. The number of nitrogens with two attached hydrogens (primary N) is 1. The number of rotatable bonds is 3. The molecule has 2 unspecified atom stereocenters. The van der Waals surface area contributed by atoms with Crippen LogP contribution in [0.25, 0.3) is 0 Å². The first-order valence-electron chi connectivity index (χ1n) is 5.42. The van der Waals surface area contributed by atoms with E-state index in [0.29, 0.717) is 12.1 Å². The number of halogens is 4. The zero-order chi connectivity index (χ0) is 15.0. The lowest BCUT2D eigenvalue weighted by Crippen LogP contribution is -2.36. The molecule has 2 atom stereocenters. The fourth-order valence-corrected chi connectivity index (χ4v) is 1.96. The molecule has 106 valence electrons. The van der Waals surface area contributed by atoms with Crippen LogP contribution in [0.3, 0.4) is 0 Å². The average molecular weight is 279 g/mol. The van der Waals surface area contributed by atoms with E-state index in [1.807, 2.05) is 0 Å². The molecule has 3 N–H and O–H groups in total. The van der Waals surface area contributed by atoms with Crippen molar-refractivity contribution in [3.8, 4) is 0 Å². The number of carbonyl (C=O) groups is 1. The molecule has 0 aromatic heterocycles. The van der Waals surface area contributed by atoms with Crippen molar-refractivity contribution >= 4 is 5.97 Å². The van der Waals surface area contributed by atoms with E-state index in [0.717, 1.165) is 6.92 Å². The first-order valence-corrected chi connectivity index (χ1v) is 5.42. The third kappa shape index (κ3) is 3.04. The normalized spacial score (nSPS) is 15.1. The summed E-state index contributed by atoms with van der Waals surface area (Å²) < 4.78 is 51.8. The first kappa shape index (κ1) is 15.4. The molecule has 7 heteroatoms. The number of hydrogen-bond donors (Lipinski definition) is 2. The monoisotopic (exact) mass is 279 g/mol. The summed E-state index contributed by atoms with van der Waals surface area (Å²) in [6.45, 7) is 2.39. The second-order valence-electron chi connectivity index (χ2n) is 4.28. The van der Waals surface area contributed by atoms with Crippen molar-refractivity contribution in [3.05, 3.63) is 34.6 Å². The molecule has 19 heavy (non-hydrogen) atoms. The second kappa shape index (κ2) is 5.16. The van der Waals surface area contributed by atoms with Crippen molar-refractivity contribution in [2.75, 3.05) is 0 Å². The number of alkyl halides is 3. The van der Waals surface area contributed by atoms with Gasteiger partial charge in [0.05, 0.1) is 5.56 Å². The van der Waals surface area contributed by atoms with Crippen LogP contribution < -0.4 is 5.73 Å². The Balaban J connectivity index is 3.39. The highest BCUT2D eigenvalue weighted by Crippen LogP contribution is 2.36. The lowest BCUT2D eigenvalue weighted by Gasteiger charge is -2.22. The molecular weight excluding hydrogens is 266 g/mol. The van der Waals surface area contributed by atoms with Gasteiger partial charge in [-0.15, -0.1) is 0 Å². The largest absolute Gasteiger partial charge is 0.480 e. The van der Waals surface area contributed by atoms with Gasteiger partial charge in [-0.1, -0.05) is 6.92 Å². The molecular formula is C12H13F4NO2. The summed E-state index contributed by atoms with van der Waals surface area (Å²) in [5, 5.41) is 8.76. The highest BCUT2D eigenvalue weighted by Gasteiger charge is 2.35. The van der Waals surface area contributed by atoms with Gasteiger partial charge in [-0.05, 0) is 30.2 Å². The van der Waals surface area contributed by atoms with Crippen LogP contribution >= 0.6 is 0 Å². The molecule has 1 aromatic carbocycles. The Bertz CT molecular complexity index is 499. The molecule has 0 spiro atoms. The van der Waals surface area contributed by atoms with Crippen molar-refractivity contribution < 1.29 is 27.5 Å². The van der Waals surface area contributed by atoms with E-state index in [1.54, 1.807) is 0 Å². The molecule has 1 rings (SSSR count). The van der Waals surface area contributed by atoms with Gasteiger partial charge in [-0.25, -0.2) is 4.39 Å². The summed E-state index contributed by atoms with van der Waals surface area (Å²) in [6.07, 6.45) is -4.63. The van der Waals surface area contributed by atoms with Crippen LogP contribution in [-0.2, 0) is 11.0 Å². The molecule has 0 aliphatic heterocycles. The lowest BCUT2D eigenvalue weighted by molar-refractivity contribution is -0.139. The fourth-order valence-electron chi connectivity index (χ4n) is 1.96. The van der Waals surface area contributed by atoms with Crippen LogP contribution in [0.5, 0.6) is 0 Å². The van der Waals surface area contributed by atoms with Crippen LogP contribution in [0.15, 0.2) is 12.1 Å². The Morgan fingerprint density at radius 1 is 1.37 bits per heavy atom. The van der Waals surface area contributed by atoms with Crippen molar-refractivity contribution in [3.63, 3.8) is 0 Å². The minimum Gasteiger partial charge on any atom is -0.480 e. The fraction of sp³-hybridized carbons (Fsp3) is 0.417. The summed E-state index contributed by atoms with van der Waals surface area (Å²) in [5.74, 6) is -3.36. The summed E-state index contributed by atoms with van der Waals surface area (Å²) in [5.41, 5.74) is 3.70. The van der Waals surface area contributed by atoms with Crippen LogP contribution in [-0.4, -0.2) is 17.1 Å². The topological polar surface area (TPSA) is 63.3 Å². The molecule has 0 saturated heterocycles. The van der Waals surface area contributed by atoms with Crippen molar-refractivity contribution in [1.29, 1.82) is 0 Å². The van der Waals surface area contributed by atoms with Crippen LogP contribution in [0.4, 0.5) is 17.6 Å². The van der Waals surface area contributed by atoms with E-state index < -0.39 is 35.5 Å². The first-order chi connectivity index (χ1) is 8.57.